The zero-order valence-electron chi connectivity index (χ0n) is 23.3. The summed E-state index contributed by atoms with van der Waals surface area (Å²) in [5, 5.41) is 10.4. The Morgan fingerprint density at radius 1 is 0.310 bits per heavy atom. The van der Waals surface area contributed by atoms with E-state index < -0.39 is 0 Å². The number of rotatable bonds is 2. The van der Waals surface area contributed by atoms with Crippen molar-refractivity contribution in [2.75, 3.05) is 0 Å². The van der Waals surface area contributed by atoms with Gasteiger partial charge in [0.15, 0.2) is 0 Å². The number of hydrogen-bond acceptors (Lipinski definition) is 0. The predicted molar refractivity (Wildman–Crippen MR) is 180 cm³/mol. The fourth-order valence-electron chi connectivity index (χ4n) is 7.41. The van der Waals surface area contributed by atoms with Crippen LogP contribution in [0, 0.1) is 0 Å². The fourth-order valence-corrected chi connectivity index (χ4v) is 7.41. The van der Waals surface area contributed by atoms with Crippen molar-refractivity contribution in [2.24, 2.45) is 0 Å². The van der Waals surface area contributed by atoms with Crippen molar-refractivity contribution in [3.8, 4) is 33.4 Å². The minimum absolute atomic E-state index is 1.07. The largest absolute Gasteiger partial charge is 0.0616 e. The van der Waals surface area contributed by atoms with E-state index in [1.165, 1.54) is 87.6 Å². The molecule has 0 aromatic heterocycles. The SMILES string of the molecule is c1ccc2cc(-c3c4ccccc4c(-c4ccc5c(c4)CCc4ccc6ccccc6c4-5)c4ccccc34)ccc2c1. The van der Waals surface area contributed by atoms with E-state index in [2.05, 4.69) is 146 Å². The van der Waals surface area contributed by atoms with Gasteiger partial charge in [0, 0.05) is 0 Å². The van der Waals surface area contributed by atoms with Gasteiger partial charge in [-0.25, -0.2) is 0 Å². The summed E-state index contributed by atoms with van der Waals surface area (Å²) in [6.07, 6.45) is 2.15. The molecule has 0 fully saturated rings. The maximum Gasteiger partial charge on any atom is -0.00262 e. The normalized spacial score (nSPS) is 12.6. The Hall–Kier alpha value is -5.20. The first kappa shape index (κ1) is 23.5. The summed E-state index contributed by atoms with van der Waals surface area (Å²) in [5.41, 5.74) is 10.9. The third-order valence-electron chi connectivity index (χ3n) is 9.31. The first-order chi connectivity index (χ1) is 20.8. The maximum absolute atomic E-state index is 2.48. The second kappa shape index (κ2) is 9.16. The minimum atomic E-state index is 1.07. The zero-order valence-corrected chi connectivity index (χ0v) is 23.3. The number of aryl methyl sites for hydroxylation is 2. The quantitative estimate of drug-likeness (QED) is 0.194. The van der Waals surface area contributed by atoms with Crippen molar-refractivity contribution in [2.45, 2.75) is 12.8 Å². The van der Waals surface area contributed by atoms with Crippen molar-refractivity contribution in [1.29, 1.82) is 0 Å². The maximum atomic E-state index is 2.48. The van der Waals surface area contributed by atoms with Crippen LogP contribution in [0.1, 0.15) is 11.1 Å². The molecular formula is C42H28. The van der Waals surface area contributed by atoms with Gasteiger partial charge in [0.2, 0.25) is 0 Å². The molecule has 196 valence electrons. The molecule has 0 spiro atoms. The van der Waals surface area contributed by atoms with E-state index in [1.807, 2.05) is 0 Å². The lowest BCUT2D eigenvalue weighted by Crippen LogP contribution is -2.05. The van der Waals surface area contributed by atoms with Crippen LogP contribution in [-0.2, 0) is 12.8 Å². The van der Waals surface area contributed by atoms with Crippen molar-refractivity contribution in [3.05, 3.63) is 157 Å². The highest BCUT2D eigenvalue weighted by atomic mass is 14.2. The number of benzene rings is 8. The van der Waals surface area contributed by atoms with Gasteiger partial charge in [-0.2, -0.15) is 0 Å². The zero-order chi connectivity index (χ0) is 27.6. The van der Waals surface area contributed by atoms with Gasteiger partial charge in [-0.3, -0.25) is 0 Å². The number of fused-ring (bicyclic) bond motifs is 8. The fraction of sp³-hybridized carbons (Fsp3) is 0.0476. The molecule has 1 aliphatic carbocycles. The Morgan fingerprint density at radius 2 is 0.810 bits per heavy atom. The summed E-state index contributed by atoms with van der Waals surface area (Å²) in [7, 11) is 0. The lowest BCUT2D eigenvalue weighted by atomic mass is 9.80. The molecule has 1 aliphatic rings. The van der Waals surface area contributed by atoms with Crippen LogP contribution in [0.2, 0.25) is 0 Å². The smallest absolute Gasteiger partial charge is 0.00262 e. The molecule has 0 N–H and O–H groups in total. The molecule has 0 heteroatoms. The average Bonchev–Trinajstić information content (AvgIpc) is 3.06. The van der Waals surface area contributed by atoms with Gasteiger partial charge in [-0.1, -0.05) is 140 Å². The molecule has 0 radical (unpaired) electrons. The van der Waals surface area contributed by atoms with E-state index in [4.69, 9.17) is 0 Å². The Bertz CT molecular complexity index is 2300. The van der Waals surface area contributed by atoms with Gasteiger partial charge >= 0.3 is 0 Å². The van der Waals surface area contributed by atoms with E-state index in [-0.39, 0.29) is 0 Å². The van der Waals surface area contributed by atoms with Crippen LogP contribution >= 0.6 is 0 Å². The molecule has 0 bridgehead atoms. The van der Waals surface area contributed by atoms with E-state index in [0.717, 1.165) is 12.8 Å². The number of hydrogen-bond donors (Lipinski definition) is 0. The predicted octanol–water partition coefficient (Wildman–Crippen LogP) is 11.4. The molecule has 8 aromatic rings. The summed E-state index contributed by atoms with van der Waals surface area (Å²) < 4.78 is 0. The molecule has 0 unspecified atom stereocenters. The van der Waals surface area contributed by atoms with E-state index in [9.17, 15) is 0 Å². The topological polar surface area (TPSA) is 0 Å². The molecule has 0 saturated heterocycles. The molecule has 9 rings (SSSR count). The van der Waals surface area contributed by atoms with E-state index in [1.54, 1.807) is 0 Å². The lowest BCUT2D eigenvalue weighted by Gasteiger charge is -2.23. The van der Waals surface area contributed by atoms with Gasteiger partial charge < -0.3 is 0 Å². The highest BCUT2D eigenvalue weighted by Crippen LogP contribution is 2.46. The third kappa shape index (κ3) is 3.49. The van der Waals surface area contributed by atoms with Crippen LogP contribution in [-0.4, -0.2) is 0 Å². The standard InChI is InChI=1S/C42H28/c1-2-11-30-25-32(22-17-27(30)9-1)41-36-13-5-7-15-38(36)42(39-16-8-6-14-37(39)41)33-23-24-35-31(26-33)21-20-29-19-18-28-10-3-4-12-34(28)40(29)35/h1-19,22-26H,20-21H2. The molecular weight excluding hydrogens is 504 g/mol. The van der Waals surface area contributed by atoms with Crippen LogP contribution in [0.25, 0.3) is 76.5 Å². The Labute approximate surface area is 245 Å². The van der Waals surface area contributed by atoms with Gasteiger partial charge in [0.05, 0.1) is 0 Å². The van der Waals surface area contributed by atoms with E-state index >= 15 is 0 Å². The summed E-state index contributed by atoms with van der Waals surface area (Å²) >= 11 is 0. The molecule has 0 aliphatic heterocycles. The molecule has 0 heterocycles. The Morgan fingerprint density at radius 3 is 1.50 bits per heavy atom. The third-order valence-corrected chi connectivity index (χ3v) is 9.31. The molecule has 0 saturated carbocycles. The average molecular weight is 533 g/mol. The molecule has 0 atom stereocenters. The molecule has 42 heavy (non-hydrogen) atoms. The first-order valence-corrected chi connectivity index (χ1v) is 14.9. The van der Waals surface area contributed by atoms with Crippen molar-refractivity contribution in [3.63, 3.8) is 0 Å². The second-order valence-electron chi connectivity index (χ2n) is 11.6. The van der Waals surface area contributed by atoms with Crippen LogP contribution in [0.15, 0.2) is 146 Å². The minimum Gasteiger partial charge on any atom is -0.0616 e. The van der Waals surface area contributed by atoms with Crippen molar-refractivity contribution < 1.29 is 0 Å². The van der Waals surface area contributed by atoms with E-state index in [0.29, 0.717) is 0 Å². The van der Waals surface area contributed by atoms with Gasteiger partial charge in [-0.05, 0) is 107 Å². The molecule has 0 amide bonds. The summed E-state index contributed by atoms with van der Waals surface area (Å²) in [5.74, 6) is 0. The summed E-state index contributed by atoms with van der Waals surface area (Å²) in [6, 6.07) is 54.2. The summed E-state index contributed by atoms with van der Waals surface area (Å²) in [4.78, 5) is 0. The van der Waals surface area contributed by atoms with Gasteiger partial charge in [0.25, 0.3) is 0 Å². The van der Waals surface area contributed by atoms with Crippen molar-refractivity contribution >= 4 is 43.1 Å². The monoisotopic (exact) mass is 532 g/mol. The highest BCUT2D eigenvalue weighted by molar-refractivity contribution is 6.21. The Kier molecular flexibility index (Phi) is 5.12. The van der Waals surface area contributed by atoms with Crippen molar-refractivity contribution in [1.82, 2.24) is 0 Å². The van der Waals surface area contributed by atoms with Crippen LogP contribution in [0.3, 0.4) is 0 Å². The van der Waals surface area contributed by atoms with Gasteiger partial charge in [-0.15, -0.1) is 0 Å². The second-order valence-corrected chi connectivity index (χ2v) is 11.6. The summed E-state index contributed by atoms with van der Waals surface area (Å²) in [6.45, 7) is 0. The van der Waals surface area contributed by atoms with Gasteiger partial charge in [0.1, 0.15) is 0 Å². The first-order valence-electron chi connectivity index (χ1n) is 14.9. The van der Waals surface area contributed by atoms with Crippen LogP contribution < -0.4 is 0 Å². The highest BCUT2D eigenvalue weighted by Gasteiger charge is 2.21. The lowest BCUT2D eigenvalue weighted by molar-refractivity contribution is 0.945. The van der Waals surface area contributed by atoms with Crippen LogP contribution in [0.4, 0.5) is 0 Å². The molecule has 0 nitrogen and oxygen atoms in total. The van der Waals surface area contributed by atoms with Crippen LogP contribution in [0.5, 0.6) is 0 Å². The molecule has 8 aromatic carbocycles. The Balaban J connectivity index is 1.31.